The molecule has 0 spiro atoms. The highest BCUT2D eigenvalue weighted by molar-refractivity contribution is 5.42. The zero-order valence-electron chi connectivity index (χ0n) is 6.42. The van der Waals surface area contributed by atoms with Gasteiger partial charge < -0.3 is 11.5 Å². The fourth-order valence-corrected chi connectivity index (χ4v) is 1.25. The summed E-state index contributed by atoms with van der Waals surface area (Å²) in [6.45, 7) is 2.27. The van der Waals surface area contributed by atoms with E-state index in [9.17, 15) is 0 Å². The third kappa shape index (κ3) is 4.32. The summed E-state index contributed by atoms with van der Waals surface area (Å²) >= 11 is 0. The van der Waals surface area contributed by atoms with Crippen LogP contribution < -0.4 is 11.5 Å². The van der Waals surface area contributed by atoms with Crippen molar-refractivity contribution in [3.63, 3.8) is 0 Å². The normalized spacial score (nSPS) is 30.6. The molecule has 1 rings (SSSR count). The van der Waals surface area contributed by atoms with Gasteiger partial charge in [-0.15, -0.1) is 0 Å². The average molecular weight is 144 g/mol. The van der Waals surface area contributed by atoms with Gasteiger partial charge in [-0.1, -0.05) is 6.92 Å². The molecule has 1 fully saturated rings. The van der Waals surface area contributed by atoms with Gasteiger partial charge in [0.15, 0.2) is 0 Å². The zero-order valence-corrected chi connectivity index (χ0v) is 6.42. The Morgan fingerprint density at radius 2 is 2.00 bits per heavy atom. The summed E-state index contributed by atoms with van der Waals surface area (Å²) < 4.78 is 0. The van der Waals surface area contributed by atoms with Crippen LogP contribution in [-0.4, -0.2) is 12.5 Å². The van der Waals surface area contributed by atoms with Crippen LogP contribution in [0.3, 0.4) is 0 Å². The van der Waals surface area contributed by atoms with E-state index in [0.29, 0.717) is 6.04 Å². The Labute approximate surface area is 61.8 Å². The monoisotopic (exact) mass is 144 g/mol. The highest BCUT2D eigenvalue weighted by Gasteiger charge is 2.16. The van der Waals surface area contributed by atoms with Crippen LogP contribution in [0.4, 0.5) is 0 Å². The lowest BCUT2D eigenvalue weighted by molar-refractivity contribution is -0.106. The summed E-state index contributed by atoms with van der Waals surface area (Å²) in [5.74, 6) is 0.898. The molecule has 1 aliphatic rings. The Morgan fingerprint density at radius 1 is 1.50 bits per heavy atom. The summed E-state index contributed by atoms with van der Waals surface area (Å²) in [6.07, 6.45) is 4.10. The van der Waals surface area contributed by atoms with Gasteiger partial charge in [-0.25, -0.2) is 0 Å². The fourth-order valence-electron chi connectivity index (χ4n) is 1.25. The Morgan fingerprint density at radius 3 is 2.10 bits per heavy atom. The molecule has 3 nitrogen and oxygen atoms in total. The number of hydrogen-bond acceptors (Lipinski definition) is 2. The minimum Gasteiger partial charge on any atom is -0.372 e. The van der Waals surface area contributed by atoms with E-state index in [1.807, 2.05) is 0 Å². The molecule has 4 N–H and O–H groups in total. The van der Waals surface area contributed by atoms with Gasteiger partial charge in [0, 0.05) is 6.04 Å². The smallest absolute Gasteiger partial charge is 0.204 e. The van der Waals surface area contributed by atoms with Crippen LogP contribution in [0.5, 0.6) is 0 Å². The van der Waals surface area contributed by atoms with Crippen molar-refractivity contribution in [2.75, 3.05) is 0 Å². The second-order valence-corrected chi connectivity index (χ2v) is 2.81. The van der Waals surface area contributed by atoms with Crippen molar-refractivity contribution in [3.8, 4) is 0 Å². The molecule has 2 atom stereocenters. The first-order valence-corrected chi connectivity index (χ1v) is 3.61. The molecule has 60 valence electrons. The predicted octanol–water partition coefficient (Wildman–Crippen LogP) is 0.235. The van der Waals surface area contributed by atoms with Gasteiger partial charge in [-0.05, 0) is 25.2 Å². The van der Waals surface area contributed by atoms with Crippen LogP contribution in [0, 0.1) is 5.92 Å². The molecule has 0 aliphatic heterocycles. The average Bonchev–Trinajstić information content (AvgIpc) is 2.17. The Kier molecular flexibility index (Phi) is 4.94. The molecule has 0 radical (unpaired) electrons. The molecule has 0 bridgehead atoms. The third-order valence-electron chi connectivity index (χ3n) is 1.74. The molecule has 3 heteroatoms. The quantitative estimate of drug-likeness (QED) is 0.478. The summed E-state index contributed by atoms with van der Waals surface area (Å²) in [6, 6.07) is 0.523. The molecule has 0 aromatic rings. The zero-order chi connectivity index (χ0) is 7.98. The molecule has 2 unspecified atom stereocenters. The first kappa shape index (κ1) is 9.43. The van der Waals surface area contributed by atoms with E-state index in [1.165, 1.54) is 19.3 Å². The van der Waals surface area contributed by atoms with Crippen molar-refractivity contribution < 1.29 is 4.79 Å². The molecule has 0 aromatic heterocycles. The minimum absolute atomic E-state index is 0.250. The van der Waals surface area contributed by atoms with Crippen LogP contribution >= 0.6 is 0 Å². The lowest BCUT2D eigenvalue weighted by Crippen LogP contribution is -2.14. The van der Waals surface area contributed by atoms with Crippen molar-refractivity contribution in [3.05, 3.63) is 0 Å². The maximum Gasteiger partial charge on any atom is 0.204 e. The van der Waals surface area contributed by atoms with Crippen molar-refractivity contribution in [1.82, 2.24) is 0 Å². The second kappa shape index (κ2) is 5.23. The van der Waals surface area contributed by atoms with E-state index in [-0.39, 0.29) is 6.41 Å². The summed E-state index contributed by atoms with van der Waals surface area (Å²) in [4.78, 5) is 8.58. The second-order valence-electron chi connectivity index (χ2n) is 2.81. The van der Waals surface area contributed by atoms with E-state index in [2.05, 4.69) is 12.7 Å². The van der Waals surface area contributed by atoms with E-state index >= 15 is 0 Å². The minimum atomic E-state index is 0.250. The van der Waals surface area contributed by atoms with E-state index < -0.39 is 0 Å². The lowest BCUT2D eigenvalue weighted by atomic mass is 10.1. The highest BCUT2D eigenvalue weighted by Crippen LogP contribution is 2.22. The maximum atomic E-state index is 8.58. The van der Waals surface area contributed by atoms with Gasteiger partial charge in [-0.2, -0.15) is 0 Å². The molecule has 1 amide bonds. The molecular formula is C7H16N2O. The molecule has 1 aliphatic carbocycles. The van der Waals surface area contributed by atoms with Crippen molar-refractivity contribution in [2.45, 2.75) is 32.2 Å². The number of carbonyl (C=O) groups is 1. The number of hydrogen-bond donors (Lipinski definition) is 2. The first-order valence-electron chi connectivity index (χ1n) is 3.61. The molecule has 0 heterocycles. The van der Waals surface area contributed by atoms with E-state index in [1.54, 1.807) is 0 Å². The van der Waals surface area contributed by atoms with Crippen molar-refractivity contribution in [2.24, 2.45) is 17.4 Å². The van der Waals surface area contributed by atoms with Crippen molar-refractivity contribution in [1.29, 1.82) is 0 Å². The topological polar surface area (TPSA) is 69.1 Å². The molecule has 0 saturated heterocycles. The number of amides is 1. The van der Waals surface area contributed by atoms with Crippen molar-refractivity contribution >= 4 is 6.41 Å². The number of primary amides is 1. The van der Waals surface area contributed by atoms with Gasteiger partial charge in [0.1, 0.15) is 0 Å². The van der Waals surface area contributed by atoms with Crippen LogP contribution in [0.2, 0.25) is 0 Å². The highest BCUT2D eigenvalue weighted by atomic mass is 16.1. The predicted molar refractivity (Wildman–Crippen MR) is 41.2 cm³/mol. The SMILES string of the molecule is CC1CCC(N)C1.NC=O. The molecule has 0 aromatic carbocycles. The Balaban J connectivity index is 0.000000236. The first-order chi connectivity index (χ1) is 4.70. The van der Waals surface area contributed by atoms with Gasteiger partial charge in [0.05, 0.1) is 0 Å². The number of carbonyl (C=O) groups excluding carboxylic acids is 1. The Bertz CT molecular complexity index is 87.6. The number of rotatable bonds is 0. The number of nitrogens with two attached hydrogens (primary N) is 2. The molecular weight excluding hydrogens is 128 g/mol. The van der Waals surface area contributed by atoms with E-state index in [4.69, 9.17) is 10.5 Å². The molecule has 1 saturated carbocycles. The maximum absolute atomic E-state index is 8.58. The van der Waals surface area contributed by atoms with E-state index in [0.717, 1.165) is 5.92 Å². The summed E-state index contributed by atoms with van der Waals surface area (Å²) in [7, 11) is 0. The lowest BCUT2D eigenvalue weighted by Gasteiger charge is -1.97. The Hall–Kier alpha value is -0.570. The van der Waals surface area contributed by atoms with Gasteiger partial charge in [-0.3, -0.25) is 4.79 Å². The van der Waals surface area contributed by atoms with Gasteiger partial charge in [0.25, 0.3) is 0 Å². The summed E-state index contributed by atoms with van der Waals surface area (Å²) in [5.41, 5.74) is 9.79. The van der Waals surface area contributed by atoms with Gasteiger partial charge >= 0.3 is 0 Å². The largest absolute Gasteiger partial charge is 0.372 e. The van der Waals surface area contributed by atoms with Crippen LogP contribution in [0.1, 0.15) is 26.2 Å². The van der Waals surface area contributed by atoms with Crippen LogP contribution in [-0.2, 0) is 4.79 Å². The van der Waals surface area contributed by atoms with Crippen LogP contribution in [0.15, 0.2) is 0 Å². The van der Waals surface area contributed by atoms with Crippen LogP contribution in [0.25, 0.3) is 0 Å². The third-order valence-corrected chi connectivity index (χ3v) is 1.74. The fraction of sp³-hybridized carbons (Fsp3) is 0.857. The molecule has 10 heavy (non-hydrogen) atoms. The summed E-state index contributed by atoms with van der Waals surface area (Å²) in [5, 5.41) is 0. The van der Waals surface area contributed by atoms with Gasteiger partial charge in [0.2, 0.25) is 6.41 Å². The standard InChI is InChI=1S/C6H13N.CH3NO/c1-5-2-3-6(7)4-5;2-1-3/h5-6H,2-4,7H2,1H3;1H,(H2,2,3).